The number of hydrogen-bond acceptors (Lipinski definition) is 3. The molecule has 0 aliphatic heterocycles. The fourth-order valence-electron chi connectivity index (χ4n) is 1.86. The van der Waals surface area contributed by atoms with Gasteiger partial charge in [0.05, 0.1) is 6.33 Å². The van der Waals surface area contributed by atoms with Gasteiger partial charge in [0, 0.05) is 6.04 Å². The zero-order valence-electron chi connectivity index (χ0n) is 9.63. The Balaban J connectivity index is 2.31. The predicted octanol–water partition coefficient (Wildman–Crippen LogP) is 3.20. The second kappa shape index (κ2) is 3.83. The van der Waals surface area contributed by atoms with Crippen molar-refractivity contribution >= 4 is 11.2 Å². The van der Waals surface area contributed by atoms with Crippen molar-refractivity contribution in [2.45, 2.75) is 31.2 Å². The zero-order valence-corrected chi connectivity index (χ0v) is 9.63. The summed E-state index contributed by atoms with van der Waals surface area (Å²) in [6.45, 7) is 0. The van der Waals surface area contributed by atoms with E-state index in [-0.39, 0.29) is 6.04 Å². The molecule has 3 rings (SSSR count). The van der Waals surface area contributed by atoms with Crippen molar-refractivity contribution in [1.82, 2.24) is 19.5 Å². The third kappa shape index (κ3) is 2.08. The lowest BCUT2D eigenvalue weighted by Crippen LogP contribution is -2.18. The molecule has 10 heteroatoms. The maximum Gasteiger partial charge on any atom is 0.451 e. The molecule has 0 N–H and O–H groups in total. The molecule has 1 aliphatic rings. The highest BCUT2D eigenvalue weighted by Gasteiger charge is 2.43. The van der Waals surface area contributed by atoms with Crippen LogP contribution in [0.4, 0.5) is 26.3 Å². The van der Waals surface area contributed by atoms with Gasteiger partial charge in [-0.3, -0.25) is 0 Å². The number of imidazole rings is 1. The molecule has 2 aromatic rings. The van der Waals surface area contributed by atoms with Crippen molar-refractivity contribution in [3.63, 3.8) is 0 Å². The van der Waals surface area contributed by atoms with Gasteiger partial charge in [-0.15, -0.1) is 0 Å². The first-order valence-electron chi connectivity index (χ1n) is 5.57. The van der Waals surface area contributed by atoms with Gasteiger partial charge in [-0.1, -0.05) is 0 Å². The highest BCUT2D eigenvalue weighted by atomic mass is 19.4. The van der Waals surface area contributed by atoms with Gasteiger partial charge in [0.25, 0.3) is 0 Å². The van der Waals surface area contributed by atoms with E-state index in [1.165, 1.54) is 4.57 Å². The minimum absolute atomic E-state index is 0.142. The summed E-state index contributed by atoms with van der Waals surface area (Å²) in [6.07, 6.45) is -7.64. The summed E-state index contributed by atoms with van der Waals surface area (Å²) in [6, 6.07) is -0.142. The molecule has 0 aromatic carbocycles. The smallest absolute Gasteiger partial charge is 0.312 e. The molecule has 0 amide bonds. The highest BCUT2D eigenvalue weighted by molar-refractivity contribution is 5.74. The SMILES string of the molecule is FC(F)(F)c1nc(C(F)(F)F)c2ncn(C3CC3)c2n1. The Bertz CT molecular complexity index is 667. The van der Waals surface area contributed by atoms with Gasteiger partial charge in [-0.2, -0.15) is 26.3 Å². The first-order valence-corrected chi connectivity index (χ1v) is 5.57. The molecule has 0 radical (unpaired) electrons. The number of fused-ring (bicyclic) bond motifs is 1. The van der Waals surface area contributed by atoms with Crippen LogP contribution in [0.3, 0.4) is 0 Å². The van der Waals surface area contributed by atoms with Crippen molar-refractivity contribution in [2.75, 3.05) is 0 Å². The summed E-state index contributed by atoms with van der Waals surface area (Å²) in [5.41, 5.74) is -2.74. The predicted molar refractivity (Wildman–Crippen MR) is 53.6 cm³/mol. The molecule has 20 heavy (non-hydrogen) atoms. The molecule has 0 atom stereocenters. The summed E-state index contributed by atoms with van der Waals surface area (Å²) in [5, 5.41) is 0. The van der Waals surface area contributed by atoms with Gasteiger partial charge in [0.2, 0.25) is 5.82 Å². The van der Waals surface area contributed by atoms with Crippen LogP contribution in [0.15, 0.2) is 6.33 Å². The van der Waals surface area contributed by atoms with Crippen LogP contribution < -0.4 is 0 Å². The highest BCUT2D eigenvalue weighted by Crippen LogP contribution is 2.40. The van der Waals surface area contributed by atoms with E-state index in [4.69, 9.17) is 0 Å². The lowest BCUT2D eigenvalue weighted by molar-refractivity contribution is -0.151. The molecule has 0 bridgehead atoms. The van der Waals surface area contributed by atoms with Gasteiger partial charge in [-0.25, -0.2) is 15.0 Å². The molecule has 108 valence electrons. The molecular formula is C10H6F6N4. The monoisotopic (exact) mass is 296 g/mol. The van der Waals surface area contributed by atoms with Gasteiger partial charge in [0.1, 0.15) is 5.52 Å². The normalized spacial score (nSPS) is 16.9. The van der Waals surface area contributed by atoms with Crippen LogP contribution in [0.5, 0.6) is 0 Å². The quantitative estimate of drug-likeness (QED) is 0.759. The third-order valence-electron chi connectivity index (χ3n) is 2.88. The van der Waals surface area contributed by atoms with Crippen LogP contribution in [0.2, 0.25) is 0 Å². The molecule has 1 aliphatic carbocycles. The molecule has 1 fully saturated rings. The summed E-state index contributed by atoms with van der Waals surface area (Å²) >= 11 is 0. The molecule has 0 saturated heterocycles. The Labute approximate surface area is 107 Å². The average Bonchev–Trinajstić information content (AvgIpc) is 3.05. The lowest BCUT2D eigenvalue weighted by Gasteiger charge is -2.11. The largest absolute Gasteiger partial charge is 0.451 e. The molecule has 2 heterocycles. The van der Waals surface area contributed by atoms with E-state index in [0.29, 0.717) is 12.8 Å². The van der Waals surface area contributed by atoms with Crippen LogP contribution >= 0.6 is 0 Å². The molecule has 1 saturated carbocycles. The fourth-order valence-corrected chi connectivity index (χ4v) is 1.86. The minimum Gasteiger partial charge on any atom is -0.312 e. The van der Waals surface area contributed by atoms with Crippen LogP contribution in [0.25, 0.3) is 11.2 Å². The van der Waals surface area contributed by atoms with Crippen molar-refractivity contribution in [1.29, 1.82) is 0 Å². The number of rotatable bonds is 1. The number of aromatic nitrogens is 4. The number of hydrogen-bond donors (Lipinski definition) is 0. The summed E-state index contributed by atoms with van der Waals surface area (Å²) in [4.78, 5) is 9.33. The van der Waals surface area contributed by atoms with Gasteiger partial charge >= 0.3 is 12.4 Å². The number of halogens is 6. The lowest BCUT2D eigenvalue weighted by atomic mass is 10.3. The molecule has 2 aromatic heterocycles. The van der Waals surface area contributed by atoms with Crippen LogP contribution in [-0.4, -0.2) is 19.5 Å². The van der Waals surface area contributed by atoms with Gasteiger partial charge in [0.15, 0.2) is 11.3 Å². The van der Waals surface area contributed by atoms with Gasteiger partial charge in [-0.05, 0) is 12.8 Å². The Kier molecular flexibility index (Phi) is 2.51. The van der Waals surface area contributed by atoms with Crippen LogP contribution in [0.1, 0.15) is 30.4 Å². The molecule has 0 unspecified atom stereocenters. The topological polar surface area (TPSA) is 43.6 Å². The molecular weight excluding hydrogens is 290 g/mol. The van der Waals surface area contributed by atoms with Crippen molar-refractivity contribution < 1.29 is 26.3 Å². The van der Waals surface area contributed by atoms with Crippen LogP contribution in [0, 0.1) is 0 Å². The second-order valence-corrected chi connectivity index (χ2v) is 4.45. The summed E-state index contributed by atoms with van der Waals surface area (Å²) < 4.78 is 77.5. The Hall–Kier alpha value is -1.87. The first kappa shape index (κ1) is 13.1. The summed E-state index contributed by atoms with van der Waals surface area (Å²) in [7, 11) is 0. The van der Waals surface area contributed by atoms with E-state index < -0.39 is 35.0 Å². The van der Waals surface area contributed by atoms with E-state index in [2.05, 4.69) is 15.0 Å². The summed E-state index contributed by atoms with van der Waals surface area (Å²) in [5.74, 6) is -1.81. The van der Waals surface area contributed by atoms with E-state index in [1.807, 2.05) is 0 Å². The van der Waals surface area contributed by atoms with Crippen LogP contribution in [-0.2, 0) is 12.4 Å². The van der Waals surface area contributed by atoms with E-state index in [9.17, 15) is 26.3 Å². The fraction of sp³-hybridized carbons (Fsp3) is 0.500. The second-order valence-electron chi connectivity index (χ2n) is 4.45. The van der Waals surface area contributed by atoms with Crippen molar-refractivity contribution in [3.05, 3.63) is 17.8 Å². The molecule has 0 spiro atoms. The van der Waals surface area contributed by atoms with Crippen molar-refractivity contribution in [2.24, 2.45) is 0 Å². The van der Waals surface area contributed by atoms with Crippen molar-refractivity contribution in [3.8, 4) is 0 Å². The van der Waals surface area contributed by atoms with E-state index in [0.717, 1.165) is 6.33 Å². The maximum atomic E-state index is 12.8. The van der Waals surface area contributed by atoms with Gasteiger partial charge < -0.3 is 4.57 Å². The Morgan fingerprint density at radius 1 is 1.00 bits per heavy atom. The minimum atomic E-state index is -5.05. The Morgan fingerprint density at radius 2 is 1.65 bits per heavy atom. The first-order chi connectivity index (χ1) is 9.18. The maximum absolute atomic E-state index is 12.8. The third-order valence-corrected chi connectivity index (χ3v) is 2.88. The number of alkyl halides is 6. The van der Waals surface area contributed by atoms with E-state index >= 15 is 0 Å². The number of nitrogens with zero attached hydrogens (tertiary/aromatic N) is 4. The zero-order chi connectivity index (χ0) is 14.7. The Morgan fingerprint density at radius 3 is 2.15 bits per heavy atom. The molecule has 4 nitrogen and oxygen atoms in total. The average molecular weight is 296 g/mol. The van der Waals surface area contributed by atoms with E-state index in [1.54, 1.807) is 0 Å². The standard InChI is InChI=1S/C10H6F6N4/c11-9(12,13)6-5-7(19-8(18-6)10(14,15)16)20(3-17-5)4-1-2-4/h3-4H,1-2H2.